The highest BCUT2D eigenvalue weighted by Crippen LogP contribution is 2.17. The van der Waals surface area contributed by atoms with Crippen molar-refractivity contribution in [3.8, 4) is 0 Å². The number of carbonyl (C=O) groups is 1. The summed E-state index contributed by atoms with van der Waals surface area (Å²) in [5, 5.41) is 3.04. The number of aromatic nitrogens is 1. The Balaban J connectivity index is 1.97. The molecule has 1 aromatic heterocycles. The molecule has 5 nitrogen and oxygen atoms in total. The van der Waals surface area contributed by atoms with Crippen LogP contribution in [0.15, 0.2) is 24.4 Å². The number of hydrogen-bond donors (Lipinski definition) is 1. The average molecular weight is 291 g/mol. The van der Waals surface area contributed by atoms with Crippen LogP contribution in [0.1, 0.15) is 38.9 Å². The summed E-state index contributed by atoms with van der Waals surface area (Å²) >= 11 is 0. The average Bonchev–Trinajstić information content (AvgIpc) is 2.48. The molecule has 5 heteroatoms. The maximum absolute atomic E-state index is 12.5. The molecule has 0 unspecified atom stereocenters. The standard InChI is InChI=1S/C16H25N3O2/c1-12(2)10-14-11-21-9-8-19(14)16(20)18-13(3)15-6-4-5-7-17-15/h4-7,12-14H,8-11H2,1-3H3,(H,18,20)/t13-,14-/m0/s1. The lowest BCUT2D eigenvalue weighted by atomic mass is 10.0. The van der Waals surface area contributed by atoms with E-state index in [2.05, 4.69) is 24.1 Å². The molecule has 2 rings (SSSR count). The third kappa shape index (κ3) is 4.43. The topological polar surface area (TPSA) is 54.5 Å². The Labute approximate surface area is 126 Å². The number of morpholine rings is 1. The van der Waals surface area contributed by atoms with Gasteiger partial charge in [-0.15, -0.1) is 0 Å². The lowest BCUT2D eigenvalue weighted by Gasteiger charge is -2.37. The van der Waals surface area contributed by atoms with Gasteiger partial charge in [-0.1, -0.05) is 19.9 Å². The Hall–Kier alpha value is -1.62. The molecule has 1 aromatic rings. The van der Waals surface area contributed by atoms with Crippen LogP contribution >= 0.6 is 0 Å². The van der Waals surface area contributed by atoms with Crippen molar-refractivity contribution in [2.24, 2.45) is 5.92 Å². The minimum atomic E-state index is -0.0961. The van der Waals surface area contributed by atoms with Crippen molar-refractivity contribution in [1.29, 1.82) is 0 Å². The third-order valence-electron chi connectivity index (χ3n) is 3.70. The fourth-order valence-electron chi connectivity index (χ4n) is 2.64. The highest BCUT2D eigenvalue weighted by atomic mass is 16.5. The van der Waals surface area contributed by atoms with Gasteiger partial charge in [-0.05, 0) is 31.4 Å². The van der Waals surface area contributed by atoms with Gasteiger partial charge in [0.05, 0.1) is 31.0 Å². The first-order valence-electron chi connectivity index (χ1n) is 7.63. The lowest BCUT2D eigenvalue weighted by Crippen LogP contribution is -2.53. The molecule has 0 bridgehead atoms. The Kier molecular flexibility index (Phi) is 5.56. The van der Waals surface area contributed by atoms with E-state index >= 15 is 0 Å². The molecule has 1 aliphatic rings. The van der Waals surface area contributed by atoms with E-state index in [4.69, 9.17) is 4.74 Å². The van der Waals surface area contributed by atoms with Gasteiger partial charge in [0.2, 0.25) is 0 Å². The molecule has 2 amide bonds. The zero-order valence-corrected chi connectivity index (χ0v) is 13.1. The number of ether oxygens (including phenoxy) is 1. The Bertz CT molecular complexity index is 450. The third-order valence-corrected chi connectivity index (χ3v) is 3.70. The van der Waals surface area contributed by atoms with Gasteiger partial charge in [0, 0.05) is 12.7 Å². The predicted octanol–water partition coefficient (Wildman–Crippen LogP) is 2.60. The van der Waals surface area contributed by atoms with E-state index in [0.717, 1.165) is 12.1 Å². The second-order valence-electron chi connectivity index (χ2n) is 5.98. The number of pyridine rings is 1. The van der Waals surface area contributed by atoms with Gasteiger partial charge in [-0.2, -0.15) is 0 Å². The van der Waals surface area contributed by atoms with E-state index in [1.165, 1.54) is 0 Å². The van der Waals surface area contributed by atoms with Crippen LogP contribution in [0.4, 0.5) is 4.79 Å². The van der Waals surface area contributed by atoms with E-state index < -0.39 is 0 Å². The number of urea groups is 1. The molecular formula is C16H25N3O2. The van der Waals surface area contributed by atoms with Gasteiger partial charge in [-0.3, -0.25) is 4.98 Å². The minimum absolute atomic E-state index is 0.0258. The molecule has 2 atom stereocenters. The van der Waals surface area contributed by atoms with Gasteiger partial charge >= 0.3 is 6.03 Å². The van der Waals surface area contributed by atoms with E-state index in [-0.39, 0.29) is 18.1 Å². The molecule has 0 aromatic carbocycles. The molecule has 0 aliphatic carbocycles. The van der Waals surface area contributed by atoms with Crippen molar-refractivity contribution in [2.45, 2.75) is 39.3 Å². The van der Waals surface area contributed by atoms with E-state index in [9.17, 15) is 4.79 Å². The monoisotopic (exact) mass is 291 g/mol. The highest BCUT2D eigenvalue weighted by Gasteiger charge is 2.28. The molecule has 1 aliphatic heterocycles. The van der Waals surface area contributed by atoms with Crippen molar-refractivity contribution < 1.29 is 9.53 Å². The molecule has 1 fully saturated rings. The number of hydrogen-bond acceptors (Lipinski definition) is 3. The van der Waals surface area contributed by atoms with Gasteiger partial charge in [-0.25, -0.2) is 4.79 Å². The summed E-state index contributed by atoms with van der Waals surface area (Å²) in [6, 6.07) is 5.77. The van der Waals surface area contributed by atoms with Gasteiger partial charge in [0.1, 0.15) is 0 Å². The van der Waals surface area contributed by atoms with Crippen molar-refractivity contribution in [3.05, 3.63) is 30.1 Å². The summed E-state index contributed by atoms with van der Waals surface area (Å²) in [5.41, 5.74) is 0.875. The van der Waals surface area contributed by atoms with Crippen LogP contribution in [0.5, 0.6) is 0 Å². The lowest BCUT2D eigenvalue weighted by molar-refractivity contribution is 0.00507. The number of rotatable bonds is 4. The summed E-state index contributed by atoms with van der Waals surface area (Å²) in [6.45, 7) is 8.18. The van der Waals surface area contributed by atoms with Crippen LogP contribution in [0.25, 0.3) is 0 Å². The molecule has 0 radical (unpaired) electrons. The van der Waals surface area contributed by atoms with Crippen LogP contribution in [0.3, 0.4) is 0 Å². The van der Waals surface area contributed by atoms with Crippen molar-refractivity contribution in [1.82, 2.24) is 15.2 Å². The second kappa shape index (κ2) is 7.41. The molecule has 1 saturated heterocycles. The van der Waals surface area contributed by atoms with Crippen molar-refractivity contribution >= 4 is 6.03 Å². The number of amides is 2. The normalized spacial score (nSPS) is 20.4. The van der Waals surface area contributed by atoms with Crippen LogP contribution in [-0.4, -0.2) is 41.7 Å². The zero-order valence-electron chi connectivity index (χ0n) is 13.1. The number of nitrogens with one attached hydrogen (secondary N) is 1. The maximum Gasteiger partial charge on any atom is 0.318 e. The molecule has 2 heterocycles. The number of nitrogens with zero attached hydrogens (tertiary/aromatic N) is 2. The van der Waals surface area contributed by atoms with Gasteiger partial charge in [0.25, 0.3) is 0 Å². The highest BCUT2D eigenvalue weighted by molar-refractivity contribution is 5.75. The van der Waals surface area contributed by atoms with E-state index in [1.807, 2.05) is 30.0 Å². The largest absolute Gasteiger partial charge is 0.377 e. The fourth-order valence-corrected chi connectivity index (χ4v) is 2.64. The van der Waals surface area contributed by atoms with Crippen LogP contribution in [0, 0.1) is 5.92 Å². The van der Waals surface area contributed by atoms with Gasteiger partial charge < -0.3 is 15.0 Å². The predicted molar refractivity (Wildman–Crippen MR) is 82.0 cm³/mol. The SMILES string of the molecule is CC(C)C[C@H]1COCCN1C(=O)N[C@@H](C)c1ccccn1. The van der Waals surface area contributed by atoms with Crippen LogP contribution in [0.2, 0.25) is 0 Å². The van der Waals surface area contributed by atoms with E-state index in [0.29, 0.717) is 25.7 Å². The molecule has 0 spiro atoms. The summed E-state index contributed by atoms with van der Waals surface area (Å²) in [5.74, 6) is 0.542. The smallest absolute Gasteiger partial charge is 0.318 e. The van der Waals surface area contributed by atoms with Crippen molar-refractivity contribution in [2.75, 3.05) is 19.8 Å². The number of carbonyl (C=O) groups excluding carboxylic acids is 1. The molecule has 0 saturated carbocycles. The minimum Gasteiger partial charge on any atom is -0.377 e. The van der Waals surface area contributed by atoms with Crippen LogP contribution in [-0.2, 0) is 4.74 Å². The molecule has 116 valence electrons. The van der Waals surface area contributed by atoms with E-state index in [1.54, 1.807) is 6.20 Å². The first-order valence-corrected chi connectivity index (χ1v) is 7.63. The molecule has 1 N–H and O–H groups in total. The first-order chi connectivity index (χ1) is 10.1. The summed E-state index contributed by atoms with van der Waals surface area (Å²) in [4.78, 5) is 18.7. The second-order valence-corrected chi connectivity index (χ2v) is 5.98. The summed E-state index contributed by atoms with van der Waals surface area (Å²) in [7, 11) is 0. The maximum atomic E-state index is 12.5. The molecular weight excluding hydrogens is 266 g/mol. The first kappa shape index (κ1) is 15.8. The van der Waals surface area contributed by atoms with Crippen molar-refractivity contribution in [3.63, 3.8) is 0 Å². The summed E-state index contributed by atoms with van der Waals surface area (Å²) < 4.78 is 5.52. The Morgan fingerprint density at radius 3 is 2.95 bits per heavy atom. The Morgan fingerprint density at radius 1 is 1.48 bits per heavy atom. The Morgan fingerprint density at radius 2 is 2.29 bits per heavy atom. The summed E-state index contributed by atoms with van der Waals surface area (Å²) in [6.07, 6.45) is 2.71. The fraction of sp³-hybridized carbons (Fsp3) is 0.625. The molecule has 21 heavy (non-hydrogen) atoms. The zero-order chi connectivity index (χ0) is 15.2. The van der Waals surface area contributed by atoms with Crippen LogP contribution < -0.4 is 5.32 Å². The van der Waals surface area contributed by atoms with Gasteiger partial charge in [0.15, 0.2) is 0 Å². The quantitative estimate of drug-likeness (QED) is 0.927.